The number of hydrogen-bond acceptors (Lipinski definition) is 6. The average molecular weight is 420 g/mol. The van der Waals surface area contributed by atoms with E-state index >= 15 is 0 Å². The minimum atomic E-state index is -0.855. The molecule has 5 rings (SSSR count). The zero-order valence-corrected chi connectivity index (χ0v) is 17.3. The summed E-state index contributed by atoms with van der Waals surface area (Å²) in [5.41, 5.74) is 2.41. The van der Waals surface area contributed by atoms with Crippen molar-refractivity contribution in [1.82, 2.24) is 0 Å². The number of nitrogens with zero attached hydrogens (tertiary/aromatic N) is 2. The average Bonchev–Trinajstić information content (AvgIpc) is 3.46. The van der Waals surface area contributed by atoms with Crippen LogP contribution in [0.5, 0.6) is 5.75 Å². The van der Waals surface area contributed by atoms with E-state index in [4.69, 9.17) is 9.57 Å². The van der Waals surface area contributed by atoms with E-state index in [9.17, 15) is 9.59 Å². The maximum absolute atomic E-state index is 13.5. The van der Waals surface area contributed by atoms with E-state index in [0.717, 1.165) is 16.1 Å². The maximum Gasteiger partial charge on any atom is 0.266 e. The van der Waals surface area contributed by atoms with Crippen LogP contribution in [0.3, 0.4) is 0 Å². The lowest BCUT2D eigenvalue weighted by atomic mass is 9.95. The number of imide groups is 1. The fourth-order valence-corrected chi connectivity index (χ4v) is 5.02. The molecule has 7 heteroatoms. The molecule has 30 heavy (non-hydrogen) atoms. The Bertz CT molecular complexity index is 1100. The Morgan fingerprint density at radius 2 is 1.73 bits per heavy atom. The van der Waals surface area contributed by atoms with Crippen LogP contribution >= 0.6 is 11.3 Å². The molecule has 0 spiro atoms. The second-order valence-corrected chi connectivity index (χ2v) is 8.31. The summed E-state index contributed by atoms with van der Waals surface area (Å²) in [6.45, 7) is 1.99. The number of methoxy groups -OCH3 is 1. The summed E-state index contributed by atoms with van der Waals surface area (Å²) in [6.07, 6.45) is -0.855. The van der Waals surface area contributed by atoms with Gasteiger partial charge in [0.2, 0.25) is 5.91 Å². The predicted molar refractivity (Wildman–Crippen MR) is 115 cm³/mol. The number of anilines is 2. The molecule has 2 fully saturated rings. The zero-order chi connectivity index (χ0) is 20.8. The third-order valence-corrected chi connectivity index (χ3v) is 6.58. The second-order valence-electron chi connectivity index (χ2n) is 7.33. The highest BCUT2D eigenvalue weighted by Gasteiger charge is 2.60. The molecule has 6 nitrogen and oxygen atoms in total. The van der Waals surface area contributed by atoms with Crippen molar-refractivity contribution in [2.45, 2.75) is 19.1 Å². The summed E-state index contributed by atoms with van der Waals surface area (Å²) in [4.78, 5) is 35.1. The number of rotatable bonds is 4. The Balaban J connectivity index is 1.55. The van der Waals surface area contributed by atoms with Gasteiger partial charge in [0.15, 0.2) is 6.10 Å². The normalized spacial score (nSPS) is 23.2. The highest BCUT2D eigenvalue weighted by Crippen LogP contribution is 2.49. The molecule has 0 bridgehead atoms. The van der Waals surface area contributed by atoms with E-state index in [1.165, 1.54) is 4.90 Å². The van der Waals surface area contributed by atoms with E-state index in [-0.39, 0.29) is 17.9 Å². The van der Waals surface area contributed by atoms with Crippen molar-refractivity contribution >= 4 is 34.5 Å². The van der Waals surface area contributed by atoms with Crippen molar-refractivity contribution in [3.8, 4) is 5.75 Å². The van der Waals surface area contributed by atoms with Gasteiger partial charge < -0.3 is 4.74 Å². The molecular formula is C23H20N2O4S. The van der Waals surface area contributed by atoms with Crippen LogP contribution in [0.25, 0.3) is 0 Å². The van der Waals surface area contributed by atoms with Crippen LogP contribution in [0.15, 0.2) is 66.0 Å². The Morgan fingerprint density at radius 3 is 2.40 bits per heavy atom. The fourth-order valence-electron chi connectivity index (χ4n) is 4.17. The lowest BCUT2D eigenvalue weighted by Crippen LogP contribution is -2.37. The molecule has 0 N–H and O–H groups in total. The molecule has 3 atom stereocenters. The molecule has 2 aliphatic heterocycles. The number of para-hydroxylation sites is 1. The molecular weight excluding hydrogens is 400 g/mol. The van der Waals surface area contributed by atoms with Crippen molar-refractivity contribution in [3.05, 3.63) is 76.5 Å². The lowest BCUT2D eigenvalue weighted by molar-refractivity contribution is -0.126. The van der Waals surface area contributed by atoms with Gasteiger partial charge in [-0.15, -0.1) is 11.3 Å². The minimum absolute atomic E-state index is 0.246. The van der Waals surface area contributed by atoms with Gasteiger partial charge in [-0.05, 0) is 54.3 Å². The molecule has 3 heterocycles. The van der Waals surface area contributed by atoms with Gasteiger partial charge in [-0.3, -0.25) is 14.4 Å². The summed E-state index contributed by atoms with van der Waals surface area (Å²) in [5, 5.41) is 3.72. The zero-order valence-electron chi connectivity index (χ0n) is 16.5. The Morgan fingerprint density at radius 1 is 0.967 bits per heavy atom. The largest absolute Gasteiger partial charge is 0.497 e. The van der Waals surface area contributed by atoms with E-state index in [1.807, 2.05) is 48.7 Å². The Kier molecular flexibility index (Phi) is 4.56. The third-order valence-electron chi connectivity index (χ3n) is 5.63. The van der Waals surface area contributed by atoms with E-state index < -0.39 is 12.0 Å². The number of carbonyl (C=O) groups excluding carboxylic acids is 2. The molecule has 0 radical (unpaired) electrons. The summed E-state index contributed by atoms with van der Waals surface area (Å²) in [5.74, 6) is -0.535. The van der Waals surface area contributed by atoms with Crippen molar-refractivity contribution in [2.24, 2.45) is 5.92 Å². The first-order valence-electron chi connectivity index (χ1n) is 9.67. The molecule has 3 aromatic rings. The van der Waals surface area contributed by atoms with Gasteiger partial charge in [0.25, 0.3) is 5.91 Å². The third kappa shape index (κ3) is 2.81. The van der Waals surface area contributed by atoms with Crippen LogP contribution in [0.1, 0.15) is 16.5 Å². The summed E-state index contributed by atoms with van der Waals surface area (Å²) in [7, 11) is 1.57. The SMILES string of the molecule is COc1ccc(N2C(=O)[C@@H]3[C@@H](ON(c4ccccc4C)[C@H]3c3cccs3)C2=O)cc1. The first-order valence-corrected chi connectivity index (χ1v) is 10.5. The van der Waals surface area contributed by atoms with Gasteiger partial charge in [0.1, 0.15) is 17.7 Å². The number of thiophene rings is 1. The first-order chi connectivity index (χ1) is 14.6. The van der Waals surface area contributed by atoms with Crippen LogP contribution < -0.4 is 14.7 Å². The number of aryl methyl sites for hydroxylation is 1. The Labute approximate surface area is 178 Å². The lowest BCUT2D eigenvalue weighted by Gasteiger charge is -2.28. The number of fused-ring (bicyclic) bond motifs is 1. The van der Waals surface area contributed by atoms with Crippen molar-refractivity contribution in [3.63, 3.8) is 0 Å². The van der Waals surface area contributed by atoms with Crippen molar-refractivity contribution in [2.75, 3.05) is 17.1 Å². The maximum atomic E-state index is 13.5. The number of hydrogen-bond donors (Lipinski definition) is 0. The molecule has 1 aromatic heterocycles. The van der Waals surface area contributed by atoms with E-state index in [0.29, 0.717) is 11.4 Å². The topological polar surface area (TPSA) is 59.1 Å². The number of ether oxygens (including phenoxy) is 1. The smallest absolute Gasteiger partial charge is 0.266 e. The van der Waals surface area contributed by atoms with Crippen LogP contribution in [0.2, 0.25) is 0 Å². The van der Waals surface area contributed by atoms with Gasteiger partial charge in [-0.1, -0.05) is 24.3 Å². The summed E-state index contributed by atoms with van der Waals surface area (Å²) in [6, 6.07) is 18.3. The van der Waals surface area contributed by atoms with Crippen LogP contribution in [0.4, 0.5) is 11.4 Å². The van der Waals surface area contributed by atoms with Crippen LogP contribution in [-0.4, -0.2) is 25.0 Å². The second kappa shape index (κ2) is 7.27. The van der Waals surface area contributed by atoms with Gasteiger partial charge in [-0.2, -0.15) is 0 Å². The molecule has 152 valence electrons. The van der Waals surface area contributed by atoms with E-state index in [1.54, 1.807) is 47.8 Å². The number of hydroxylamine groups is 1. The number of amides is 2. The highest BCUT2D eigenvalue weighted by atomic mass is 32.1. The van der Waals surface area contributed by atoms with Crippen molar-refractivity contribution in [1.29, 1.82) is 0 Å². The van der Waals surface area contributed by atoms with Crippen molar-refractivity contribution < 1.29 is 19.2 Å². The fraction of sp³-hybridized carbons (Fsp3) is 0.217. The predicted octanol–water partition coefficient (Wildman–Crippen LogP) is 4.12. The van der Waals surface area contributed by atoms with E-state index in [2.05, 4.69) is 0 Å². The molecule has 2 amide bonds. The monoisotopic (exact) mass is 420 g/mol. The van der Waals surface area contributed by atoms with Gasteiger partial charge in [0.05, 0.1) is 18.5 Å². The summed E-state index contributed by atoms with van der Waals surface area (Å²) < 4.78 is 5.18. The minimum Gasteiger partial charge on any atom is -0.497 e. The first kappa shape index (κ1) is 18.8. The van der Waals surface area contributed by atoms with Gasteiger partial charge in [-0.25, -0.2) is 9.96 Å². The molecule has 0 unspecified atom stereocenters. The summed E-state index contributed by atoms with van der Waals surface area (Å²) >= 11 is 1.56. The molecule has 2 saturated heterocycles. The number of benzene rings is 2. The molecule has 2 aliphatic rings. The molecule has 2 aromatic carbocycles. The van der Waals surface area contributed by atoms with Crippen LogP contribution in [0, 0.1) is 12.8 Å². The number of carbonyl (C=O) groups is 2. The quantitative estimate of drug-likeness (QED) is 0.595. The van der Waals surface area contributed by atoms with Gasteiger partial charge in [0, 0.05) is 4.88 Å². The highest BCUT2D eigenvalue weighted by molar-refractivity contribution is 7.10. The van der Waals surface area contributed by atoms with Crippen LogP contribution in [-0.2, 0) is 14.4 Å². The molecule has 0 aliphatic carbocycles. The Hall–Kier alpha value is -3.16. The standard InChI is InChI=1S/C23H20N2O4S/c1-14-6-3-4-7-17(14)25-20(18-8-5-13-30-18)19-21(29-25)23(27)24(22(19)26)15-9-11-16(28-2)12-10-15/h3-13,19-21H,1-2H3/t19-,20-,21+/m0/s1. The van der Waals surface area contributed by atoms with Gasteiger partial charge >= 0.3 is 0 Å². The molecule has 0 saturated carbocycles.